The molecule has 0 bridgehead atoms. The van der Waals surface area contributed by atoms with Crippen molar-refractivity contribution in [2.24, 2.45) is 0 Å². The van der Waals surface area contributed by atoms with Crippen molar-refractivity contribution in [3.8, 4) is 0 Å². The minimum absolute atomic E-state index is 0.217. The van der Waals surface area contributed by atoms with Crippen molar-refractivity contribution in [2.75, 3.05) is 33.3 Å². The largest absolute Gasteiger partial charge is 0.396 e. The van der Waals surface area contributed by atoms with Crippen molar-refractivity contribution in [1.82, 2.24) is 9.80 Å². The molecule has 0 saturated heterocycles. The van der Waals surface area contributed by atoms with Crippen LogP contribution >= 0.6 is 0 Å². The van der Waals surface area contributed by atoms with Gasteiger partial charge in [0, 0.05) is 19.7 Å². The molecule has 1 aliphatic rings. The standard InChI is InChI=1S/C17H26N2O2/c1-18(10-5-2-6-12-20)14-17(21)19-11-9-15-7-3-4-8-16(15)13-19/h3-4,7-8,20H,2,5-6,9-14H2,1H3. The lowest BCUT2D eigenvalue weighted by molar-refractivity contribution is -0.133. The third-order valence-corrected chi connectivity index (χ3v) is 4.09. The highest BCUT2D eigenvalue weighted by atomic mass is 16.2. The normalized spacial score (nSPS) is 14.3. The van der Waals surface area contributed by atoms with Gasteiger partial charge in [-0.05, 0) is 50.4 Å². The Bertz CT molecular complexity index is 462. The fourth-order valence-corrected chi connectivity index (χ4v) is 2.79. The van der Waals surface area contributed by atoms with Gasteiger partial charge in [-0.2, -0.15) is 0 Å². The van der Waals surface area contributed by atoms with E-state index in [9.17, 15) is 4.79 Å². The van der Waals surface area contributed by atoms with E-state index in [-0.39, 0.29) is 12.5 Å². The second kappa shape index (κ2) is 8.15. The van der Waals surface area contributed by atoms with Crippen molar-refractivity contribution in [3.63, 3.8) is 0 Å². The van der Waals surface area contributed by atoms with Gasteiger partial charge in [0.25, 0.3) is 0 Å². The van der Waals surface area contributed by atoms with Crippen LogP contribution in [0.4, 0.5) is 0 Å². The van der Waals surface area contributed by atoms with Gasteiger partial charge >= 0.3 is 0 Å². The molecule has 4 nitrogen and oxygen atoms in total. The minimum Gasteiger partial charge on any atom is -0.396 e. The van der Waals surface area contributed by atoms with Crippen LogP contribution in [0.25, 0.3) is 0 Å². The van der Waals surface area contributed by atoms with E-state index >= 15 is 0 Å². The first-order valence-electron chi connectivity index (χ1n) is 7.84. The number of rotatable bonds is 7. The Kier molecular flexibility index (Phi) is 6.21. The fraction of sp³-hybridized carbons (Fsp3) is 0.588. The van der Waals surface area contributed by atoms with Crippen LogP contribution in [0.5, 0.6) is 0 Å². The smallest absolute Gasteiger partial charge is 0.237 e. The monoisotopic (exact) mass is 290 g/mol. The maximum Gasteiger partial charge on any atom is 0.237 e. The molecule has 1 N–H and O–H groups in total. The number of hydrogen-bond donors (Lipinski definition) is 1. The number of nitrogens with zero attached hydrogens (tertiary/aromatic N) is 2. The number of hydrogen-bond acceptors (Lipinski definition) is 3. The number of unbranched alkanes of at least 4 members (excludes halogenated alkanes) is 2. The van der Waals surface area contributed by atoms with Gasteiger partial charge in [0.05, 0.1) is 6.54 Å². The second-order valence-corrected chi connectivity index (χ2v) is 5.86. The number of aliphatic hydroxyl groups is 1. The number of amides is 1. The van der Waals surface area contributed by atoms with Crippen LogP contribution in [-0.4, -0.2) is 54.1 Å². The highest BCUT2D eigenvalue weighted by molar-refractivity contribution is 5.78. The van der Waals surface area contributed by atoms with Crippen molar-refractivity contribution < 1.29 is 9.90 Å². The topological polar surface area (TPSA) is 43.8 Å². The van der Waals surface area contributed by atoms with E-state index in [1.807, 2.05) is 18.0 Å². The number of carbonyl (C=O) groups is 1. The molecule has 0 aromatic heterocycles. The maximum absolute atomic E-state index is 12.4. The predicted molar refractivity (Wildman–Crippen MR) is 84.0 cm³/mol. The number of benzene rings is 1. The average Bonchev–Trinajstić information content (AvgIpc) is 2.51. The lowest BCUT2D eigenvalue weighted by Crippen LogP contribution is -2.41. The molecule has 21 heavy (non-hydrogen) atoms. The molecule has 0 aliphatic carbocycles. The summed E-state index contributed by atoms with van der Waals surface area (Å²) in [6.07, 6.45) is 3.87. The van der Waals surface area contributed by atoms with Gasteiger partial charge in [0.15, 0.2) is 0 Å². The fourth-order valence-electron chi connectivity index (χ4n) is 2.79. The summed E-state index contributed by atoms with van der Waals surface area (Å²) in [6.45, 7) is 3.23. The van der Waals surface area contributed by atoms with Gasteiger partial charge in [-0.25, -0.2) is 0 Å². The minimum atomic E-state index is 0.217. The zero-order valence-corrected chi connectivity index (χ0v) is 12.9. The molecule has 0 spiro atoms. The van der Waals surface area contributed by atoms with Crippen LogP contribution in [0, 0.1) is 0 Å². The van der Waals surface area contributed by atoms with Crippen LogP contribution in [0.3, 0.4) is 0 Å². The van der Waals surface area contributed by atoms with Crippen LogP contribution in [0.1, 0.15) is 30.4 Å². The lowest BCUT2D eigenvalue weighted by atomic mass is 10.00. The van der Waals surface area contributed by atoms with Gasteiger partial charge in [0.2, 0.25) is 5.91 Å². The summed E-state index contributed by atoms with van der Waals surface area (Å²) in [5.74, 6) is 0.217. The molecule has 0 unspecified atom stereocenters. The van der Waals surface area contributed by atoms with E-state index in [4.69, 9.17) is 5.11 Å². The Morgan fingerprint density at radius 1 is 1.24 bits per heavy atom. The first-order chi connectivity index (χ1) is 10.2. The number of carbonyl (C=O) groups excluding carboxylic acids is 1. The third-order valence-electron chi connectivity index (χ3n) is 4.09. The van der Waals surface area contributed by atoms with Crippen LogP contribution in [0.2, 0.25) is 0 Å². The number of aliphatic hydroxyl groups excluding tert-OH is 1. The quantitative estimate of drug-likeness (QED) is 0.777. The van der Waals surface area contributed by atoms with Crippen LogP contribution in [-0.2, 0) is 17.8 Å². The molecule has 2 rings (SSSR count). The zero-order chi connectivity index (χ0) is 15.1. The zero-order valence-electron chi connectivity index (χ0n) is 12.9. The Morgan fingerprint density at radius 3 is 2.76 bits per heavy atom. The summed E-state index contributed by atoms with van der Waals surface area (Å²) in [5, 5.41) is 8.75. The lowest BCUT2D eigenvalue weighted by Gasteiger charge is -2.30. The SMILES string of the molecule is CN(CCCCCO)CC(=O)N1CCc2ccccc2C1. The number of likely N-dealkylation sites (N-methyl/N-ethyl adjacent to an activating group) is 1. The summed E-state index contributed by atoms with van der Waals surface area (Å²) in [4.78, 5) is 16.4. The summed E-state index contributed by atoms with van der Waals surface area (Å²) in [6, 6.07) is 8.38. The Labute approximate surface area is 127 Å². The van der Waals surface area contributed by atoms with Crippen molar-refractivity contribution >= 4 is 5.91 Å². The van der Waals surface area contributed by atoms with Gasteiger partial charge < -0.3 is 10.0 Å². The first-order valence-corrected chi connectivity index (χ1v) is 7.84. The third kappa shape index (κ3) is 4.83. The van der Waals surface area contributed by atoms with Gasteiger partial charge in [-0.15, -0.1) is 0 Å². The van der Waals surface area contributed by atoms with E-state index in [0.29, 0.717) is 6.54 Å². The molecule has 0 atom stereocenters. The van der Waals surface area contributed by atoms with Crippen molar-refractivity contribution in [1.29, 1.82) is 0 Å². The van der Waals surface area contributed by atoms with Gasteiger partial charge in [-0.1, -0.05) is 24.3 Å². The molecule has 1 amide bonds. The van der Waals surface area contributed by atoms with Crippen LogP contribution in [0.15, 0.2) is 24.3 Å². The summed E-state index contributed by atoms with van der Waals surface area (Å²) < 4.78 is 0. The van der Waals surface area contributed by atoms with Gasteiger partial charge in [0.1, 0.15) is 0 Å². The average molecular weight is 290 g/mol. The van der Waals surface area contributed by atoms with E-state index in [1.54, 1.807) is 0 Å². The second-order valence-electron chi connectivity index (χ2n) is 5.86. The molecule has 0 saturated carbocycles. The molecule has 1 aromatic carbocycles. The van der Waals surface area contributed by atoms with Crippen LogP contribution < -0.4 is 0 Å². The molecule has 4 heteroatoms. The molecular weight excluding hydrogens is 264 g/mol. The maximum atomic E-state index is 12.4. The molecule has 1 aliphatic heterocycles. The highest BCUT2D eigenvalue weighted by Crippen LogP contribution is 2.18. The van der Waals surface area contributed by atoms with E-state index < -0.39 is 0 Å². The van der Waals surface area contributed by atoms with E-state index in [2.05, 4.69) is 23.1 Å². The summed E-state index contributed by atoms with van der Waals surface area (Å²) in [5.41, 5.74) is 2.65. The van der Waals surface area contributed by atoms with Crippen molar-refractivity contribution in [3.05, 3.63) is 35.4 Å². The Hall–Kier alpha value is -1.39. The first kappa shape index (κ1) is 16.0. The molecule has 0 radical (unpaired) electrons. The Morgan fingerprint density at radius 2 is 2.00 bits per heavy atom. The van der Waals surface area contributed by atoms with E-state index in [1.165, 1.54) is 11.1 Å². The number of fused-ring (bicyclic) bond motifs is 1. The molecule has 116 valence electrons. The highest BCUT2D eigenvalue weighted by Gasteiger charge is 2.20. The summed E-state index contributed by atoms with van der Waals surface area (Å²) in [7, 11) is 1.99. The molecular formula is C17H26N2O2. The summed E-state index contributed by atoms with van der Waals surface area (Å²) >= 11 is 0. The van der Waals surface area contributed by atoms with Crippen molar-refractivity contribution in [2.45, 2.75) is 32.2 Å². The predicted octanol–water partition coefficient (Wildman–Crippen LogP) is 1.67. The molecule has 1 aromatic rings. The Balaban J connectivity index is 1.76. The molecule has 0 fully saturated rings. The van der Waals surface area contributed by atoms with E-state index in [0.717, 1.165) is 45.3 Å². The molecule has 1 heterocycles. The van der Waals surface area contributed by atoms with Gasteiger partial charge in [-0.3, -0.25) is 9.69 Å².